The zero-order valence-electron chi connectivity index (χ0n) is 11.8. The summed E-state index contributed by atoms with van der Waals surface area (Å²) < 4.78 is 0.520. The molecule has 0 radical (unpaired) electrons. The Balaban J connectivity index is 0.00000161. The van der Waals surface area contributed by atoms with Gasteiger partial charge in [0.1, 0.15) is 0 Å². The van der Waals surface area contributed by atoms with Crippen LogP contribution < -0.4 is 11.1 Å². The van der Waals surface area contributed by atoms with Crippen LogP contribution >= 0.6 is 35.9 Å². The van der Waals surface area contributed by atoms with Crippen molar-refractivity contribution in [2.75, 3.05) is 16.8 Å². The molecule has 116 valence electrons. The number of hydrogen-bond donors (Lipinski definition) is 2. The molecule has 3 N–H and O–H groups in total. The van der Waals surface area contributed by atoms with Gasteiger partial charge < -0.3 is 11.1 Å². The maximum Gasteiger partial charge on any atom is 0.227 e. The number of nitrogens with two attached hydrogens (primary N) is 1. The summed E-state index contributed by atoms with van der Waals surface area (Å²) >= 11 is 3.96. The largest absolute Gasteiger partial charge is 0.328 e. The Morgan fingerprint density at radius 1 is 1.24 bits per heavy atom. The lowest BCUT2D eigenvalue weighted by Gasteiger charge is -2.13. The molecule has 1 heterocycles. The maximum atomic E-state index is 12.2. The third-order valence-electron chi connectivity index (χ3n) is 3.89. The van der Waals surface area contributed by atoms with Crippen LogP contribution in [0.25, 0.3) is 0 Å². The molecule has 3 rings (SSSR count). The Morgan fingerprint density at radius 2 is 2.00 bits per heavy atom. The van der Waals surface area contributed by atoms with Gasteiger partial charge in [-0.1, -0.05) is 12.1 Å². The van der Waals surface area contributed by atoms with Gasteiger partial charge in [0.25, 0.3) is 0 Å². The summed E-state index contributed by atoms with van der Waals surface area (Å²) in [5.41, 5.74) is 8.10. The normalized spacial score (nSPS) is 25.6. The summed E-state index contributed by atoms with van der Waals surface area (Å²) in [5.74, 6) is 2.64. The first-order valence-electron chi connectivity index (χ1n) is 7.12. The van der Waals surface area contributed by atoms with Crippen molar-refractivity contribution in [3.63, 3.8) is 0 Å². The molecule has 2 aliphatic rings. The molecule has 1 aromatic carbocycles. The molecule has 1 aromatic rings. The molecule has 1 aliphatic heterocycles. The first-order chi connectivity index (χ1) is 9.72. The van der Waals surface area contributed by atoms with Gasteiger partial charge in [0, 0.05) is 29.2 Å². The molecular formula is C15H21ClN2OS2. The first kappa shape index (κ1) is 17.0. The number of carbonyl (C=O) groups is 1. The monoisotopic (exact) mass is 344 g/mol. The summed E-state index contributed by atoms with van der Waals surface area (Å²) in [5, 5.41) is 3.06. The van der Waals surface area contributed by atoms with Gasteiger partial charge in [0.2, 0.25) is 5.91 Å². The molecule has 2 atom stereocenters. The van der Waals surface area contributed by atoms with Gasteiger partial charge in [-0.15, -0.1) is 35.9 Å². The molecule has 1 amide bonds. The Bertz CT molecular complexity index is 494. The number of benzene rings is 1. The van der Waals surface area contributed by atoms with Crippen LogP contribution in [0.3, 0.4) is 0 Å². The number of hydrogen-bond acceptors (Lipinski definition) is 4. The van der Waals surface area contributed by atoms with Crippen LogP contribution in [-0.4, -0.2) is 23.5 Å². The molecule has 0 bridgehead atoms. The molecule has 6 heteroatoms. The fourth-order valence-electron chi connectivity index (χ4n) is 2.81. The number of carbonyl (C=O) groups excluding carboxylic acids is 1. The van der Waals surface area contributed by atoms with Crippen LogP contribution in [0.1, 0.15) is 29.4 Å². The van der Waals surface area contributed by atoms with Crippen LogP contribution in [0.2, 0.25) is 0 Å². The van der Waals surface area contributed by atoms with E-state index in [1.165, 1.54) is 17.1 Å². The molecular weight excluding hydrogens is 324 g/mol. The third kappa shape index (κ3) is 4.31. The lowest BCUT2D eigenvalue weighted by Crippen LogP contribution is -2.23. The van der Waals surface area contributed by atoms with Crippen molar-refractivity contribution >= 4 is 47.5 Å². The second-order valence-corrected chi connectivity index (χ2v) is 8.18. The maximum absolute atomic E-state index is 12.2. The van der Waals surface area contributed by atoms with E-state index in [0.717, 1.165) is 24.9 Å². The molecule has 1 saturated carbocycles. The number of thioether (sulfide) groups is 2. The van der Waals surface area contributed by atoms with E-state index in [2.05, 4.69) is 17.4 Å². The zero-order valence-corrected chi connectivity index (χ0v) is 14.2. The van der Waals surface area contributed by atoms with E-state index in [1.807, 2.05) is 35.7 Å². The van der Waals surface area contributed by atoms with Gasteiger partial charge in [0.15, 0.2) is 0 Å². The molecule has 1 aliphatic carbocycles. The Morgan fingerprint density at radius 3 is 2.67 bits per heavy atom. The van der Waals surface area contributed by atoms with Gasteiger partial charge in [-0.25, -0.2) is 0 Å². The van der Waals surface area contributed by atoms with Crippen molar-refractivity contribution in [1.82, 2.24) is 0 Å². The Hall–Kier alpha value is -0.360. The number of anilines is 1. The molecule has 2 fully saturated rings. The molecule has 21 heavy (non-hydrogen) atoms. The van der Waals surface area contributed by atoms with E-state index >= 15 is 0 Å². The van der Waals surface area contributed by atoms with Crippen molar-refractivity contribution in [3.8, 4) is 0 Å². The fraction of sp³-hybridized carbons (Fsp3) is 0.533. The lowest BCUT2D eigenvalue weighted by molar-refractivity contribution is -0.119. The second kappa shape index (κ2) is 7.77. The van der Waals surface area contributed by atoms with E-state index < -0.39 is 0 Å². The van der Waals surface area contributed by atoms with E-state index in [1.54, 1.807) is 0 Å². The number of amides is 1. The quantitative estimate of drug-likeness (QED) is 0.878. The van der Waals surface area contributed by atoms with Crippen molar-refractivity contribution in [3.05, 3.63) is 29.8 Å². The van der Waals surface area contributed by atoms with Crippen molar-refractivity contribution < 1.29 is 4.79 Å². The smallest absolute Gasteiger partial charge is 0.227 e. The number of halogens is 1. The average molecular weight is 345 g/mol. The minimum absolute atomic E-state index is 0. The highest BCUT2D eigenvalue weighted by atomic mass is 35.5. The Kier molecular flexibility index (Phi) is 6.29. The van der Waals surface area contributed by atoms with Gasteiger partial charge in [-0.05, 0) is 37.0 Å². The summed E-state index contributed by atoms with van der Waals surface area (Å²) in [6, 6.07) is 8.47. The van der Waals surface area contributed by atoms with Crippen molar-refractivity contribution in [2.45, 2.75) is 29.9 Å². The van der Waals surface area contributed by atoms with Crippen LogP contribution in [0.4, 0.5) is 5.69 Å². The Labute approximate surface area is 140 Å². The topological polar surface area (TPSA) is 55.1 Å². The van der Waals surface area contributed by atoms with E-state index in [4.69, 9.17) is 5.73 Å². The fourth-order valence-corrected chi connectivity index (χ4v) is 5.65. The summed E-state index contributed by atoms with van der Waals surface area (Å²) in [6.45, 7) is 0. The zero-order chi connectivity index (χ0) is 13.9. The van der Waals surface area contributed by atoms with Crippen LogP contribution in [-0.2, 0) is 4.79 Å². The second-order valence-electron chi connectivity index (χ2n) is 5.46. The minimum Gasteiger partial charge on any atom is -0.328 e. The van der Waals surface area contributed by atoms with Crippen molar-refractivity contribution in [2.24, 2.45) is 11.7 Å². The predicted molar refractivity (Wildman–Crippen MR) is 95.3 cm³/mol. The SMILES string of the molecule is Cl.NC1CCC(C(=O)Nc2cccc(C3SCCS3)c2)C1. The van der Waals surface area contributed by atoms with Crippen LogP contribution in [0, 0.1) is 5.92 Å². The highest BCUT2D eigenvalue weighted by molar-refractivity contribution is 8.19. The van der Waals surface area contributed by atoms with Gasteiger partial charge >= 0.3 is 0 Å². The van der Waals surface area contributed by atoms with E-state index in [-0.39, 0.29) is 30.3 Å². The lowest BCUT2D eigenvalue weighted by atomic mass is 10.1. The number of nitrogens with one attached hydrogen (secondary N) is 1. The standard InChI is InChI=1S/C15H20N2OS2.ClH/c16-12-5-4-10(8-12)14(18)17-13-3-1-2-11(9-13)15-19-6-7-20-15;/h1-3,9-10,12,15H,4-8,16H2,(H,17,18);1H. The van der Waals surface area contributed by atoms with Gasteiger partial charge in [-0.3, -0.25) is 4.79 Å². The van der Waals surface area contributed by atoms with Crippen LogP contribution in [0.15, 0.2) is 24.3 Å². The third-order valence-corrected chi connectivity index (χ3v) is 7.00. The molecule has 2 unspecified atom stereocenters. The number of rotatable bonds is 3. The predicted octanol–water partition coefficient (Wildman–Crippen LogP) is 3.65. The summed E-state index contributed by atoms with van der Waals surface area (Å²) in [7, 11) is 0. The highest BCUT2D eigenvalue weighted by Gasteiger charge is 2.28. The average Bonchev–Trinajstić information content (AvgIpc) is 3.10. The van der Waals surface area contributed by atoms with Crippen molar-refractivity contribution in [1.29, 1.82) is 0 Å². The summed E-state index contributed by atoms with van der Waals surface area (Å²) in [4.78, 5) is 12.2. The van der Waals surface area contributed by atoms with Gasteiger partial charge in [0.05, 0.1) is 4.58 Å². The highest BCUT2D eigenvalue weighted by Crippen LogP contribution is 2.45. The van der Waals surface area contributed by atoms with Crippen LogP contribution in [0.5, 0.6) is 0 Å². The van der Waals surface area contributed by atoms with E-state index in [9.17, 15) is 4.79 Å². The molecule has 0 spiro atoms. The molecule has 0 aromatic heterocycles. The van der Waals surface area contributed by atoms with E-state index in [0.29, 0.717) is 4.58 Å². The first-order valence-corrected chi connectivity index (χ1v) is 9.22. The minimum atomic E-state index is 0. The molecule has 1 saturated heterocycles. The summed E-state index contributed by atoms with van der Waals surface area (Å²) in [6.07, 6.45) is 2.70. The molecule has 3 nitrogen and oxygen atoms in total. The van der Waals surface area contributed by atoms with Gasteiger partial charge in [-0.2, -0.15) is 0 Å².